The number of rotatable bonds is 4. The van der Waals surface area contributed by atoms with Crippen LogP contribution in [-0.4, -0.2) is 24.1 Å². The van der Waals surface area contributed by atoms with Gasteiger partial charge < -0.3 is 0 Å². The summed E-state index contributed by atoms with van der Waals surface area (Å²) in [4.78, 5) is 5.89. The summed E-state index contributed by atoms with van der Waals surface area (Å²) in [6.07, 6.45) is 2.31. The van der Waals surface area contributed by atoms with Gasteiger partial charge in [-0.15, -0.1) is 21.5 Å². The maximum Gasteiger partial charge on any atom is 0.198 e. The number of nitrogens with zero attached hydrogens (tertiary/aromatic N) is 6. The highest BCUT2D eigenvalue weighted by atomic mass is 32.2. The third-order valence-electron chi connectivity index (χ3n) is 5.36. The maximum atomic E-state index is 9.72. The summed E-state index contributed by atoms with van der Waals surface area (Å²) < 4.78 is 4.34. The van der Waals surface area contributed by atoms with E-state index in [1.165, 1.54) is 0 Å². The quantitative estimate of drug-likeness (QED) is 0.379. The lowest BCUT2D eigenvalue weighted by Crippen LogP contribution is -2.01. The van der Waals surface area contributed by atoms with E-state index < -0.39 is 0 Å². The topological polar surface area (TPSA) is 71.8 Å². The van der Waals surface area contributed by atoms with Gasteiger partial charge in [-0.25, -0.2) is 4.98 Å². The minimum absolute atomic E-state index is 0.453. The molecule has 0 atom stereocenters. The zero-order valence-corrected chi connectivity index (χ0v) is 17.7. The Hall–Kier alpha value is -3.15. The van der Waals surface area contributed by atoms with Crippen molar-refractivity contribution >= 4 is 39.8 Å². The number of nitriles is 1. The summed E-state index contributed by atoms with van der Waals surface area (Å²) in [7, 11) is 0. The van der Waals surface area contributed by atoms with Crippen LogP contribution in [-0.2, 0) is 0 Å². The molecule has 30 heavy (non-hydrogen) atoms. The van der Waals surface area contributed by atoms with Gasteiger partial charge >= 0.3 is 0 Å². The zero-order valence-electron chi connectivity index (χ0n) is 16.1. The highest BCUT2D eigenvalue weighted by Gasteiger charge is 2.31. The Kier molecular flexibility index (Phi) is 3.94. The summed E-state index contributed by atoms with van der Waals surface area (Å²) in [6, 6.07) is 17.0. The minimum Gasteiger partial charge on any atom is -0.298 e. The fourth-order valence-corrected chi connectivity index (χ4v) is 5.62. The molecule has 0 spiro atoms. The number of benzene rings is 1. The van der Waals surface area contributed by atoms with Gasteiger partial charge in [-0.05, 0) is 66.7 Å². The van der Waals surface area contributed by atoms with Crippen LogP contribution in [0.15, 0.2) is 58.0 Å². The normalized spacial score (nSPS) is 13.9. The molecular formula is C22H16N6S2. The molecule has 0 aliphatic heterocycles. The number of pyridine rings is 1. The summed E-state index contributed by atoms with van der Waals surface area (Å²) >= 11 is 3.27. The van der Waals surface area contributed by atoms with E-state index in [0.717, 1.165) is 50.3 Å². The molecule has 0 N–H and O–H groups in total. The van der Waals surface area contributed by atoms with Crippen LogP contribution in [0.5, 0.6) is 0 Å². The van der Waals surface area contributed by atoms with Gasteiger partial charge in [-0.3, -0.25) is 8.97 Å². The molecule has 4 aromatic heterocycles. The lowest BCUT2D eigenvalue weighted by molar-refractivity contribution is 0.669. The van der Waals surface area contributed by atoms with E-state index in [-0.39, 0.29) is 0 Å². The fourth-order valence-electron chi connectivity index (χ4n) is 3.80. The first-order chi connectivity index (χ1) is 14.7. The number of hydrogen-bond donors (Lipinski definition) is 0. The van der Waals surface area contributed by atoms with E-state index in [0.29, 0.717) is 17.3 Å². The average molecular weight is 429 g/mol. The molecule has 1 aliphatic rings. The standard InChI is InChI=1S/C22H16N6S2/c1-13-11-19(28-17-6-3-2-5-16(17)24-20(28)15(13)12-23)30-22-26-25-21(18-7-4-10-29-18)27(22)14-8-9-14/h2-7,10-11,14H,8-9H2,1H3. The minimum atomic E-state index is 0.453. The molecular weight excluding hydrogens is 412 g/mol. The molecule has 4 heterocycles. The predicted octanol–water partition coefficient (Wildman–Crippen LogP) is 5.47. The molecule has 6 rings (SSSR count). The zero-order chi connectivity index (χ0) is 20.2. The number of thiophene rings is 1. The largest absolute Gasteiger partial charge is 0.298 e. The number of hydrogen-bond acceptors (Lipinski definition) is 6. The van der Waals surface area contributed by atoms with E-state index in [9.17, 15) is 5.26 Å². The third-order valence-corrected chi connectivity index (χ3v) is 7.20. The molecule has 146 valence electrons. The Bertz CT molecular complexity index is 1450. The highest BCUT2D eigenvalue weighted by Crippen LogP contribution is 2.43. The molecule has 0 bridgehead atoms. The molecule has 0 radical (unpaired) electrons. The van der Waals surface area contributed by atoms with E-state index in [1.807, 2.05) is 37.3 Å². The van der Waals surface area contributed by atoms with Crippen LogP contribution in [0.4, 0.5) is 0 Å². The number of imidazole rings is 1. The highest BCUT2D eigenvalue weighted by molar-refractivity contribution is 7.99. The number of aryl methyl sites for hydroxylation is 1. The van der Waals surface area contributed by atoms with Crippen LogP contribution in [0.2, 0.25) is 0 Å². The first kappa shape index (κ1) is 17.7. The monoisotopic (exact) mass is 428 g/mol. The van der Waals surface area contributed by atoms with E-state index in [2.05, 4.69) is 42.7 Å². The van der Waals surface area contributed by atoms with Crippen molar-refractivity contribution in [3.8, 4) is 16.8 Å². The molecule has 1 saturated carbocycles. The molecule has 0 saturated heterocycles. The van der Waals surface area contributed by atoms with Gasteiger partial charge in [0.1, 0.15) is 6.07 Å². The van der Waals surface area contributed by atoms with Crippen molar-refractivity contribution in [1.82, 2.24) is 24.1 Å². The smallest absolute Gasteiger partial charge is 0.198 e. The van der Waals surface area contributed by atoms with Crippen LogP contribution in [0, 0.1) is 18.3 Å². The van der Waals surface area contributed by atoms with Crippen molar-refractivity contribution in [3.05, 3.63) is 59.0 Å². The first-order valence-electron chi connectivity index (χ1n) is 9.72. The lowest BCUT2D eigenvalue weighted by Gasteiger charge is -2.11. The van der Waals surface area contributed by atoms with Gasteiger partial charge in [0, 0.05) is 6.04 Å². The maximum absolute atomic E-state index is 9.72. The van der Waals surface area contributed by atoms with Crippen molar-refractivity contribution < 1.29 is 0 Å². The summed E-state index contributed by atoms with van der Waals surface area (Å²) in [5.41, 5.74) is 4.08. The Morgan fingerprint density at radius 1 is 1.17 bits per heavy atom. The Balaban J connectivity index is 1.56. The van der Waals surface area contributed by atoms with Crippen molar-refractivity contribution in [2.24, 2.45) is 0 Å². The average Bonchev–Trinajstić information content (AvgIpc) is 3.16. The number of aromatic nitrogens is 5. The molecule has 5 aromatic rings. The van der Waals surface area contributed by atoms with Crippen LogP contribution in [0.1, 0.15) is 30.0 Å². The molecule has 1 fully saturated rings. The van der Waals surface area contributed by atoms with E-state index >= 15 is 0 Å². The van der Waals surface area contributed by atoms with Crippen molar-refractivity contribution in [2.75, 3.05) is 0 Å². The first-order valence-corrected chi connectivity index (χ1v) is 11.4. The van der Waals surface area contributed by atoms with Crippen molar-refractivity contribution in [1.29, 1.82) is 5.26 Å². The second kappa shape index (κ2) is 6.69. The van der Waals surface area contributed by atoms with Gasteiger partial charge in [0.25, 0.3) is 0 Å². The Morgan fingerprint density at radius 3 is 2.80 bits per heavy atom. The van der Waals surface area contributed by atoms with Crippen LogP contribution >= 0.6 is 23.1 Å². The molecule has 1 aliphatic carbocycles. The Morgan fingerprint density at radius 2 is 2.03 bits per heavy atom. The molecule has 8 heteroatoms. The molecule has 0 amide bonds. The number of fused-ring (bicyclic) bond motifs is 3. The molecule has 6 nitrogen and oxygen atoms in total. The summed E-state index contributed by atoms with van der Waals surface area (Å²) in [5, 5.41) is 22.7. The lowest BCUT2D eigenvalue weighted by atomic mass is 10.2. The SMILES string of the molecule is Cc1cc(Sc2nnc(-c3cccs3)n2C2CC2)n2c(nc3ccccc32)c1C#N. The van der Waals surface area contributed by atoms with E-state index in [4.69, 9.17) is 4.98 Å². The van der Waals surface area contributed by atoms with Gasteiger partial charge in [-0.2, -0.15) is 5.26 Å². The van der Waals surface area contributed by atoms with Crippen molar-refractivity contribution in [3.63, 3.8) is 0 Å². The van der Waals surface area contributed by atoms with Crippen LogP contribution in [0.25, 0.3) is 27.4 Å². The van der Waals surface area contributed by atoms with Gasteiger partial charge in [0.05, 0.1) is 26.5 Å². The van der Waals surface area contributed by atoms with Gasteiger partial charge in [-0.1, -0.05) is 18.2 Å². The molecule has 0 unspecified atom stereocenters. The summed E-state index contributed by atoms with van der Waals surface area (Å²) in [5.74, 6) is 0.937. The second-order valence-electron chi connectivity index (χ2n) is 7.40. The molecule has 1 aromatic carbocycles. The Labute approximate surface area is 180 Å². The van der Waals surface area contributed by atoms with Crippen LogP contribution < -0.4 is 0 Å². The fraction of sp³-hybridized carbons (Fsp3) is 0.182. The predicted molar refractivity (Wildman–Crippen MR) is 118 cm³/mol. The van der Waals surface area contributed by atoms with Crippen molar-refractivity contribution in [2.45, 2.75) is 36.0 Å². The number of para-hydroxylation sites is 2. The van der Waals surface area contributed by atoms with Crippen LogP contribution in [0.3, 0.4) is 0 Å². The van der Waals surface area contributed by atoms with Gasteiger partial charge in [0.2, 0.25) is 0 Å². The second-order valence-corrected chi connectivity index (χ2v) is 9.33. The summed E-state index contributed by atoms with van der Waals surface area (Å²) in [6.45, 7) is 1.96. The van der Waals surface area contributed by atoms with Gasteiger partial charge in [0.15, 0.2) is 16.6 Å². The third kappa shape index (κ3) is 2.66. The van der Waals surface area contributed by atoms with E-state index in [1.54, 1.807) is 23.1 Å².